The molecule has 3 N–H and O–H groups in total. The standard InChI is InChI=1S/C25H28N6O2/c1-16-25-21-9-6-18(19-14-26-29(2)15-19)13-22(21)23(10-11-31(25)30(3)28-16)27-20-7-4-17(5-8-20)12-24(32)33/h4-9,13-15,23,27-28H,10-12H2,1-3H3,(H,32,33). The zero-order valence-corrected chi connectivity index (χ0v) is 19.0. The van der Waals surface area contributed by atoms with Crippen LogP contribution in [0.25, 0.3) is 16.8 Å². The van der Waals surface area contributed by atoms with E-state index in [0.717, 1.165) is 41.0 Å². The molecule has 0 bridgehead atoms. The SMILES string of the molecule is CC1=C2c3ccc(-c4cnn(C)c4)cc3C(Nc3ccc(CC(=O)O)cc3)CCN2N(C)N1. The van der Waals surface area contributed by atoms with Crippen molar-refractivity contribution in [2.24, 2.45) is 7.05 Å². The van der Waals surface area contributed by atoms with Gasteiger partial charge in [0.05, 0.1) is 30.1 Å². The number of hydrogen-bond donors (Lipinski definition) is 3. The number of carbonyl (C=O) groups is 1. The molecule has 2 aliphatic heterocycles. The molecule has 5 rings (SSSR count). The van der Waals surface area contributed by atoms with Gasteiger partial charge in [0, 0.05) is 43.7 Å². The number of aliphatic carboxylic acids is 1. The number of allylic oxidation sites excluding steroid dienone is 1. The van der Waals surface area contributed by atoms with Gasteiger partial charge < -0.3 is 15.8 Å². The van der Waals surface area contributed by atoms with Gasteiger partial charge in [-0.05, 0) is 48.2 Å². The van der Waals surface area contributed by atoms with Gasteiger partial charge in [0.15, 0.2) is 0 Å². The highest BCUT2D eigenvalue weighted by atomic mass is 16.4. The van der Waals surface area contributed by atoms with E-state index in [1.54, 1.807) is 0 Å². The Hall–Kier alpha value is -3.78. The predicted octanol–water partition coefficient (Wildman–Crippen LogP) is 3.63. The summed E-state index contributed by atoms with van der Waals surface area (Å²) in [5.74, 6) is -0.821. The van der Waals surface area contributed by atoms with Gasteiger partial charge in [-0.3, -0.25) is 14.5 Å². The molecule has 0 fully saturated rings. The molecule has 33 heavy (non-hydrogen) atoms. The van der Waals surface area contributed by atoms with E-state index in [9.17, 15) is 4.79 Å². The molecule has 1 aromatic heterocycles. The molecule has 0 saturated heterocycles. The fourth-order valence-corrected chi connectivity index (χ4v) is 4.77. The average molecular weight is 445 g/mol. The number of aromatic nitrogens is 2. The van der Waals surface area contributed by atoms with E-state index in [2.05, 4.69) is 46.0 Å². The van der Waals surface area contributed by atoms with Crippen LogP contribution in [-0.4, -0.2) is 44.6 Å². The Kier molecular flexibility index (Phi) is 5.30. The first kappa shape index (κ1) is 21.1. The summed E-state index contributed by atoms with van der Waals surface area (Å²) in [5.41, 5.74) is 12.2. The Morgan fingerprint density at radius 2 is 1.97 bits per heavy atom. The van der Waals surface area contributed by atoms with Crippen molar-refractivity contribution in [2.75, 3.05) is 18.9 Å². The molecule has 3 heterocycles. The largest absolute Gasteiger partial charge is 0.481 e. The molecule has 0 saturated carbocycles. The summed E-state index contributed by atoms with van der Waals surface area (Å²) >= 11 is 0. The highest BCUT2D eigenvalue weighted by molar-refractivity contribution is 5.76. The molecule has 3 aromatic rings. The van der Waals surface area contributed by atoms with Crippen LogP contribution in [0.4, 0.5) is 5.69 Å². The molecule has 1 unspecified atom stereocenters. The van der Waals surface area contributed by atoms with E-state index in [1.807, 2.05) is 60.6 Å². The smallest absolute Gasteiger partial charge is 0.307 e. The fraction of sp³-hybridized carbons (Fsp3) is 0.280. The van der Waals surface area contributed by atoms with Crippen LogP contribution in [0.1, 0.15) is 36.1 Å². The van der Waals surface area contributed by atoms with Crippen LogP contribution in [0.5, 0.6) is 0 Å². The van der Waals surface area contributed by atoms with Crippen molar-refractivity contribution in [1.82, 2.24) is 25.3 Å². The second-order valence-electron chi connectivity index (χ2n) is 8.69. The molecular formula is C25H28N6O2. The summed E-state index contributed by atoms with van der Waals surface area (Å²) in [5, 5.41) is 21.4. The minimum absolute atomic E-state index is 0.0305. The number of anilines is 1. The van der Waals surface area contributed by atoms with Crippen molar-refractivity contribution < 1.29 is 9.90 Å². The number of fused-ring (bicyclic) bond motifs is 3. The van der Waals surface area contributed by atoms with Crippen molar-refractivity contribution in [3.8, 4) is 11.1 Å². The van der Waals surface area contributed by atoms with Crippen LogP contribution >= 0.6 is 0 Å². The molecular weight excluding hydrogens is 416 g/mol. The van der Waals surface area contributed by atoms with E-state index in [0.29, 0.717) is 0 Å². The molecule has 8 nitrogen and oxygen atoms in total. The van der Waals surface area contributed by atoms with Gasteiger partial charge in [0.2, 0.25) is 0 Å². The Balaban J connectivity index is 1.54. The fourth-order valence-electron chi connectivity index (χ4n) is 4.77. The molecule has 0 aliphatic carbocycles. The number of nitrogens with one attached hydrogen (secondary N) is 2. The molecule has 8 heteroatoms. The molecule has 170 valence electrons. The molecule has 1 atom stereocenters. The highest BCUT2D eigenvalue weighted by Crippen LogP contribution is 2.40. The first-order chi connectivity index (χ1) is 15.9. The minimum atomic E-state index is -0.821. The Morgan fingerprint density at radius 1 is 1.18 bits per heavy atom. The molecule has 2 aromatic carbocycles. The number of aryl methyl sites for hydroxylation is 1. The number of benzene rings is 2. The van der Waals surface area contributed by atoms with Crippen molar-refractivity contribution in [3.05, 3.63) is 77.2 Å². The zero-order valence-electron chi connectivity index (χ0n) is 19.0. The van der Waals surface area contributed by atoms with Gasteiger partial charge in [-0.1, -0.05) is 24.3 Å². The summed E-state index contributed by atoms with van der Waals surface area (Å²) in [6.07, 6.45) is 4.86. The molecule has 0 spiro atoms. The predicted molar refractivity (Wildman–Crippen MR) is 128 cm³/mol. The number of carboxylic acids is 1. The number of hydrogen-bond acceptors (Lipinski definition) is 6. The van der Waals surface area contributed by atoms with Crippen LogP contribution in [0.2, 0.25) is 0 Å². The summed E-state index contributed by atoms with van der Waals surface area (Å²) in [6.45, 7) is 2.97. The van der Waals surface area contributed by atoms with Gasteiger partial charge in [-0.25, -0.2) is 0 Å². The summed E-state index contributed by atoms with van der Waals surface area (Å²) in [7, 11) is 3.96. The summed E-state index contributed by atoms with van der Waals surface area (Å²) in [4.78, 5) is 11.0. The molecule has 2 aliphatic rings. The highest BCUT2D eigenvalue weighted by Gasteiger charge is 2.33. The van der Waals surface area contributed by atoms with E-state index in [1.165, 1.54) is 16.8 Å². The van der Waals surface area contributed by atoms with Gasteiger partial charge in [0.1, 0.15) is 0 Å². The second kappa shape index (κ2) is 8.29. The summed E-state index contributed by atoms with van der Waals surface area (Å²) < 4.78 is 1.82. The Bertz CT molecular complexity index is 1230. The topological polar surface area (TPSA) is 85.7 Å². The number of hydrazine groups is 2. The van der Waals surface area contributed by atoms with Crippen molar-refractivity contribution in [2.45, 2.75) is 25.8 Å². The second-order valence-corrected chi connectivity index (χ2v) is 8.69. The monoisotopic (exact) mass is 444 g/mol. The lowest BCUT2D eigenvalue weighted by Crippen LogP contribution is -2.40. The van der Waals surface area contributed by atoms with Crippen molar-refractivity contribution in [1.29, 1.82) is 0 Å². The lowest BCUT2D eigenvalue weighted by Gasteiger charge is -2.27. The first-order valence-corrected chi connectivity index (χ1v) is 11.1. The quantitative estimate of drug-likeness (QED) is 0.554. The van der Waals surface area contributed by atoms with Crippen LogP contribution in [0.15, 0.2) is 60.6 Å². The van der Waals surface area contributed by atoms with E-state index in [-0.39, 0.29) is 12.5 Å². The van der Waals surface area contributed by atoms with Crippen molar-refractivity contribution >= 4 is 17.4 Å². The first-order valence-electron chi connectivity index (χ1n) is 11.1. The van der Waals surface area contributed by atoms with Crippen LogP contribution in [0.3, 0.4) is 0 Å². The maximum absolute atomic E-state index is 11.0. The van der Waals surface area contributed by atoms with Crippen LogP contribution in [-0.2, 0) is 18.3 Å². The Labute approximate surface area is 193 Å². The third kappa shape index (κ3) is 4.05. The van der Waals surface area contributed by atoms with Crippen LogP contribution < -0.4 is 10.7 Å². The Morgan fingerprint density at radius 3 is 2.67 bits per heavy atom. The van der Waals surface area contributed by atoms with E-state index < -0.39 is 5.97 Å². The molecule has 0 amide bonds. The van der Waals surface area contributed by atoms with Gasteiger partial charge in [0.25, 0.3) is 0 Å². The van der Waals surface area contributed by atoms with E-state index in [4.69, 9.17) is 5.11 Å². The van der Waals surface area contributed by atoms with Gasteiger partial charge >= 0.3 is 5.97 Å². The maximum Gasteiger partial charge on any atom is 0.307 e. The van der Waals surface area contributed by atoms with Crippen molar-refractivity contribution in [3.63, 3.8) is 0 Å². The van der Waals surface area contributed by atoms with Crippen LogP contribution in [0, 0.1) is 0 Å². The maximum atomic E-state index is 11.0. The third-order valence-electron chi connectivity index (χ3n) is 6.31. The van der Waals surface area contributed by atoms with Gasteiger partial charge in [-0.15, -0.1) is 5.12 Å². The molecule has 0 radical (unpaired) electrons. The lowest BCUT2D eigenvalue weighted by atomic mass is 9.93. The third-order valence-corrected chi connectivity index (χ3v) is 6.31. The number of nitrogens with zero attached hydrogens (tertiary/aromatic N) is 4. The number of rotatable bonds is 5. The summed E-state index contributed by atoms with van der Waals surface area (Å²) in [6, 6.07) is 14.4. The average Bonchev–Trinajstić information content (AvgIpc) is 3.28. The number of carboxylic acid groups (broad SMARTS) is 1. The zero-order chi connectivity index (χ0) is 23.1. The van der Waals surface area contributed by atoms with Gasteiger partial charge in [-0.2, -0.15) is 5.10 Å². The normalized spacial score (nSPS) is 17.9. The van der Waals surface area contributed by atoms with E-state index >= 15 is 0 Å². The lowest BCUT2D eigenvalue weighted by molar-refractivity contribution is -0.136. The minimum Gasteiger partial charge on any atom is -0.481 e.